The predicted octanol–water partition coefficient (Wildman–Crippen LogP) is 2.09. The first-order valence-corrected chi connectivity index (χ1v) is 5.09. The van der Waals surface area contributed by atoms with Crippen molar-refractivity contribution in [2.45, 2.75) is 40.0 Å². The molecule has 0 unspecified atom stereocenters. The van der Waals surface area contributed by atoms with Gasteiger partial charge in [-0.3, -0.25) is 4.79 Å². The summed E-state index contributed by atoms with van der Waals surface area (Å²) in [6, 6.07) is 1.59. The first-order chi connectivity index (χ1) is 6.49. The van der Waals surface area contributed by atoms with Crippen LogP contribution in [0.4, 0.5) is 0 Å². The molecule has 0 fully saturated rings. The molecule has 1 aromatic heterocycles. The smallest absolute Gasteiger partial charge is 0.251 e. The van der Waals surface area contributed by atoms with Gasteiger partial charge in [-0.25, -0.2) is 4.98 Å². The van der Waals surface area contributed by atoms with Crippen molar-refractivity contribution in [3.05, 3.63) is 27.9 Å². The summed E-state index contributed by atoms with van der Waals surface area (Å²) in [4.78, 5) is 18.5. The second kappa shape index (κ2) is 4.40. The highest BCUT2D eigenvalue weighted by Crippen LogP contribution is 2.09. The summed E-state index contributed by atoms with van der Waals surface area (Å²) in [5.74, 6) is 1.59. The molecule has 0 aromatic carbocycles. The van der Waals surface area contributed by atoms with Gasteiger partial charge in [0.2, 0.25) is 0 Å². The molecule has 1 rings (SSSR count). The van der Waals surface area contributed by atoms with Crippen LogP contribution in [0.5, 0.6) is 0 Å². The van der Waals surface area contributed by atoms with Gasteiger partial charge in [0, 0.05) is 17.7 Å². The molecule has 0 atom stereocenters. The summed E-state index contributed by atoms with van der Waals surface area (Å²) < 4.78 is 0. The first kappa shape index (κ1) is 11.0. The molecular weight excluding hydrogens is 176 g/mol. The number of nitrogens with one attached hydrogen (secondary N) is 1. The van der Waals surface area contributed by atoms with Crippen LogP contribution in [0.15, 0.2) is 10.9 Å². The minimum absolute atomic E-state index is 0.0423. The summed E-state index contributed by atoms with van der Waals surface area (Å²) in [6.45, 7) is 8.30. The van der Waals surface area contributed by atoms with E-state index < -0.39 is 0 Å². The Labute approximate surface area is 84.6 Å². The molecule has 3 nitrogen and oxygen atoms in total. The van der Waals surface area contributed by atoms with Gasteiger partial charge < -0.3 is 4.98 Å². The van der Waals surface area contributed by atoms with Crippen molar-refractivity contribution in [3.8, 4) is 0 Å². The van der Waals surface area contributed by atoms with E-state index in [1.807, 2.05) is 13.8 Å². The van der Waals surface area contributed by atoms with E-state index in [9.17, 15) is 4.79 Å². The second-order valence-corrected chi connectivity index (χ2v) is 4.37. The van der Waals surface area contributed by atoms with Crippen LogP contribution in [-0.2, 0) is 6.42 Å². The molecule has 0 spiro atoms. The quantitative estimate of drug-likeness (QED) is 0.800. The number of nitrogens with zero attached hydrogens (tertiary/aromatic N) is 1. The molecule has 14 heavy (non-hydrogen) atoms. The number of aromatic amines is 1. The molecule has 0 amide bonds. The predicted molar refractivity (Wildman–Crippen MR) is 57.5 cm³/mol. The fraction of sp³-hybridized carbons (Fsp3) is 0.636. The van der Waals surface area contributed by atoms with Gasteiger partial charge in [-0.15, -0.1) is 0 Å². The van der Waals surface area contributed by atoms with E-state index in [2.05, 4.69) is 23.8 Å². The highest BCUT2D eigenvalue weighted by atomic mass is 16.1. The molecule has 1 N–H and O–H groups in total. The van der Waals surface area contributed by atoms with Crippen LogP contribution in [0.2, 0.25) is 0 Å². The number of hydrogen-bond acceptors (Lipinski definition) is 2. The molecule has 1 heterocycles. The number of aromatic nitrogens is 2. The lowest BCUT2D eigenvalue weighted by atomic mass is 10.1. The molecule has 0 aliphatic heterocycles. The Morgan fingerprint density at radius 2 is 2.00 bits per heavy atom. The first-order valence-electron chi connectivity index (χ1n) is 5.09. The fourth-order valence-electron chi connectivity index (χ4n) is 1.32. The van der Waals surface area contributed by atoms with E-state index in [0.717, 1.165) is 17.9 Å². The largest absolute Gasteiger partial charge is 0.310 e. The normalized spacial score (nSPS) is 11.3. The van der Waals surface area contributed by atoms with Gasteiger partial charge in [0.1, 0.15) is 5.82 Å². The molecule has 0 saturated carbocycles. The van der Waals surface area contributed by atoms with E-state index in [1.54, 1.807) is 6.07 Å². The van der Waals surface area contributed by atoms with Crippen LogP contribution < -0.4 is 5.56 Å². The van der Waals surface area contributed by atoms with Gasteiger partial charge in [-0.2, -0.15) is 0 Å². The maximum Gasteiger partial charge on any atom is 0.251 e. The van der Waals surface area contributed by atoms with Crippen molar-refractivity contribution in [3.63, 3.8) is 0 Å². The zero-order valence-corrected chi connectivity index (χ0v) is 9.29. The molecule has 0 aliphatic rings. The Balaban J connectivity index is 3.01. The lowest BCUT2D eigenvalue weighted by Gasteiger charge is -2.08. The molecule has 3 heteroatoms. The summed E-state index contributed by atoms with van der Waals surface area (Å²) >= 11 is 0. The minimum Gasteiger partial charge on any atom is -0.310 e. The van der Waals surface area contributed by atoms with E-state index in [1.165, 1.54) is 0 Å². The van der Waals surface area contributed by atoms with Crippen molar-refractivity contribution in [1.29, 1.82) is 0 Å². The van der Waals surface area contributed by atoms with Gasteiger partial charge in [0.05, 0.1) is 0 Å². The van der Waals surface area contributed by atoms with E-state index >= 15 is 0 Å². The molecule has 0 aliphatic carbocycles. The Hall–Kier alpha value is -1.12. The Kier molecular flexibility index (Phi) is 3.44. The second-order valence-electron chi connectivity index (χ2n) is 4.37. The van der Waals surface area contributed by atoms with E-state index in [4.69, 9.17) is 0 Å². The van der Waals surface area contributed by atoms with Crippen LogP contribution in [-0.4, -0.2) is 9.97 Å². The molecule has 1 aromatic rings. The van der Waals surface area contributed by atoms with Crippen molar-refractivity contribution >= 4 is 0 Å². The van der Waals surface area contributed by atoms with Gasteiger partial charge in [0.25, 0.3) is 5.56 Å². The third-order valence-electron chi connectivity index (χ3n) is 1.98. The summed E-state index contributed by atoms with van der Waals surface area (Å²) in [7, 11) is 0. The van der Waals surface area contributed by atoms with Crippen LogP contribution in [0, 0.1) is 5.92 Å². The van der Waals surface area contributed by atoms with Crippen molar-refractivity contribution < 1.29 is 0 Å². The van der Waals surface area contributed by atoms with Gasteiger partial charge in [-0.05, 0) is 12.3 Å². The monoisotopic (exact) mass is 194 g/mol. The van der Waals surface area contributed by atoms with Gasteiger partial charge in [-0.1, -0.05) is 27.7 Å². The molecular formula is C11H18N2O. The van der Waals surface area contributed by atoms with Gasteiger partial charge >= 0.3 is 0 Å². The highest BCUT2D eigenvalue weighted by Gasteiger charge is 2.06. The maximum absolute atomic E-state index is 11.3. The third kappa shape index (κ3) is 2.98. The fourth-order valence-corrected chi connectivity index (χ4v) is 1.32. The Morgan fingerprint density at radius 1 is 1.36 bits per heavy atom. The summed E-state index contributed by atoms with van der Waals surface area (Å²) in [5.41, 5.74) is 0.854. The van der Waals surface area contributed by atoms with E-state index in [0.29, 0.717) is 5.92 Å². The average Bonchev–Trinajstić information content (AvgIpc) is 2.01. The lowest BCUT2D eigenvalue weighted by Crippen LogP contribution is -2.14. The SMILES string of the molecule is CC(C)Cc1cc(=O)[nH]c(C(C)C)n1. The summed E-state index contributed by atoms with van der Waals surface area (Å²) in [6.07, 6.45) is 0.865. The summed E-state index contributed by atoms with van der Waals surface area (Å²) in [5, 5.41) is 0. The third-order valence-corrected chi connectivity index (χ3v) is 1.98. The molecule has 78 valence electrons. The maximum atomic E-state index is 11.3. The van der Waals surface area contributed by atoms with Gasteiger partial charge in [0.15, 0.2) is 0 Å². The molecule has 0 bridgehead atoms. The van der Waals surface area contributed by atoms with Crippen molar-refractivity contribution in [2.75, 3.05) is 0 Å². The number of H-pyrrole nitrogens is 1. The minimum atomic E-state index is -0.0423. The van der Waals surface area contributed by atoms with Crippen LogP contribution >= 0.6 is 0 Å². The molecule has 0 saturated heterocycles. The van der Waals surface area contributed by atoms with Crippen LogP contribution in [0.25, 0.3) is 0 Å². The van der Waals surface area contributed by atoms with Crippen LogP contribution in [0.3, 0.4) is 0 Å². The lowest BCUT2D eigenvalue weighted by molar-refractivity contribution is 0.624. The standard InChI is InChI=1S/C11H18N2O/c1-7(2)5-9-6-10(14)13-11(12-9)8(3)4/h6-8H,5H2,1-4H3,(H,12,13,14). The zero-order valence-electron chi connectivity index (χ0n) is 9.29. The number of rotatable bonds is 3. The van der Waals surface area contributed by atoms with Crippen molar-refractivity contribution in [2.24, 2.45) is 5.92 Å². The molecule has 0 radical (unpaired) electrons. The average molecular weight is 194 g/mol. The topological polar surface area (TPSA) is 45.8 Å². The number of hydrogen-bond donors (Lipinski definition) is 1. The zero-order chi connectivity index (χ0) is 10.7. The Morgan fingerprint density at radius 3 is 2.50 bits per heavy atom. The Bertz CT molecular complexity index is 353. The van der Waals surface area contributed by atoms with Crippen molar-refractivity contribution in [1.82, 2.24) is 9.97 Å². The van der Waals surface area contributed by atoms with Crippen LogP contribution in [0.1, 0.15) is 45.1 Å². The van der Waals surface area contributed by atoms with E-state index in [-0.39, 0.29) is 11.5 Å². The highest BCUT2D eigenvalue weighted by molar-refractivity contribution is 5.05.